The van der Waals surface area contributed by atoms with E-state index >= 15 is 0 Å². The number of likely N-dealkylation sites (tertiary alicyclic amines) is 1. The third kappa shape index (κ3) is 10.7. The molecule has 3 N–H and O–H groups in total. The van der Waals surface area contributed by atoms with Crippen LogP contribution < -0.4 is 16.0 Å². The number of nitrogens with zero attached hydrogens (tertiary/aromatic N) is 2. The minimum atomic E-state index is 0. The molecule has 0 aliphatic carbocycles. The molecular weight excluding hydrogens is 413 g/mol. The Labute approximate surface area is 166 Å². The van der Waals surface area contributed by atoms with Gasteiger partial charge in [0.25, 0.3) is 0 Å². The summed E-state index contributed by atoms with van der Waals surface area (Å²) in [4.78, 5) is 7.29. The lowest BCUT2D eigenvalue weighted by atomic mass is 10.0. The predicted octanol–water partition coefficient (Wildman–Crippen LogP) is 2.81. The molecule has 1 saturated heterocycles. The van der Waals surface area contributed by atoms with Gasteiger partial charge >= 0.3 is 0 Å². The predicted molar refractivity (Wildman–Crippen MR) is 117 cm³/mol. The molecule has 24 heavy (non-hydrogen) atoms. The average Bonchev–Trinajstić information content (AvgIpc) is 2.51. The first-order valence-electron chi connectivity index (χ1n) is 9.47. The van der Waals surface area contributed by atoms with Gasteiger partial charge in [-0.1, -0.05) is 13.3 Å². The van der Waals surface area contributed by atoms with Gasteiger partial charge in [-0.2, -0.15) is 0 Å². The number of aliphatic imine (C=N–C) groups is 1. The molecule has 0 bridgehead atoms. The zero-order chi connectivity index (χ0) is 17.1. The molecule has 1 unspecified atom stereocenters. The number of hydrogen-bond acceptors (Lipinski definition) is 3. The first kappa shape index (κ1) is 23.9. The first-order chi connectivity index (χ1) is 11.0. The highest BCUT2D eigenvalue weighted by Crippen LogP contribution is 2.18. The van der Waals surface area contributed by atoms with Crippen LogP contribution in [0.25, 0.3) is 0 Å². The van der Waals surface area contributed by atoms with Gasteiger partial charge in [0.2, 0.25) is 0 Å². The number of hydrogen-bond donors (Lipinski definition) is 3. The molecule has 0 spiro atoms. The van der Waals surface area contributed by atoms with Gasteiger partial charge in [-0.15, -0.1) is 24.0 Å². The number of rotatable bonds is 8. The molecule has 0 aromatic rings. The standard InChI is InChI=1S/C18H39N5.HI/c1-6-16-10-8-9-14-23(16)15-13-21-17(19-7-2)20-11-12-22-18(3,4)5;/h16,22H,6-15H2,1-5H3,(H2,19,20,21);1H. The van der Waals surface area contributed by atoms with E-state index in [1.807, 2.05) is 0 Å². The van der Waals surface area contributed by atoms with Crippen LogP contribution in [0, 0.1) is 0 Å². The molecular formula is C18H40IN5. The minimum Gasteiger partial charge on any atom is -0.357 e. The first-order valence-corrected chi connectivity index (χ1v) is 9.47. The lowest BCUT2D eigenvalue weighted by molar-refractivity contribution is 0.147. The number of nitrogens with one attached hydrogen (secondary N) is 3. The van der Waals surface area contributed by atoms with Crippen LogP contribution in [0.3, 0.4) is 0 Å². The number of piperidine rings is 1. The third-order valence-electron chi connectivity index (χ3n) is 4.29. The molecule has 0 aromatic heterocycles. The van der Waals surface area contributed by atoms with Gasteiger partial charge < -0.3 is 16.0 Å². The van der Waals surface area contributed by atoms with Gasteiger partial charge in [-0.3, -0.25) is 9.89 Å². The van der Waals surface area contributed by atoms with Gasteiger partial charge in [-0.05, 0) is 53.5 Å². The van der Waals surface area contributed by atoms with Gasteiger partial charge in [0, 0.05) is 37.8 Å². The van der Waals surface area contributed by atoms with Gasteiger partial charge in [0.1, 0.15) is 0 Å². The van der Waals surface area contributed by atoms with Crippen molar-refractivity contribution in [3.63, 3.8) is 0 Å². The summed E-state index contributed by atoms with van der Waals surface area (Å²) in [5.41, 5.74) is 0.157. The Morgan fingerprint density at radius 1 is 1.12 bits per heavy atom. The van der Waals surface area contributed by atoms with Crippen molar-refractivity contribution >= 4 is 29.9 Å². The highest BCUT2D eigenvalue weighted by molar-refractivity contribution is 14.0. The zero-order valence-corrected chi connectivity index (χ0v) is 18.8. The van der Waals surface area contributed by atoms with E-state index in [2.05, 4.69) is 60.5 Å². The van der Waals surface area contributed by atoms with Gasteiger partial charge in [0.05, 0.1) is 6.54 Å². The monoisotopic (exact) mass is 453 g/mol. The minimum absolute atomic E-state index is 0. The Kier molecular flexibility index (Phi) is 13.1. The lowest BCUT2D eigenvalue weighted by Gasteiger charge is -2.35. The highest BCUT2D eigenvalue weighted by Gasteiger charge is 2.19. The van der Waals surface area contributed by atoms with Crippen LogP contribution in [-0.2, 0) is 0 Å². The van der Waals surface area contributed by atoms with E-state index in [0.29, 0.717) is 0 Å². The summed E-state index contributed by atoms with van der Waals surface area (Å²) in [6.07, 6.45) is 5.38. The molecule has 0 radical (unpaired) electrons. The smallest absolute Gasteiger partial charge is 0.191 e. The molecule has 0 aromatic carbocycles. The maximum Gasteiger partial charge on any atom is 0.191 e. The fourth-order valence-corrected chi connectivity index (χ4v) is 3.07. The van der Waals surface area contributed by atoms with Crippen LogP contribution in [0.2, 0.25) is 0 Å². The fraction of sp³-hybridized carbons (Fsp3) is 0.944. The van der Waals surface area contributed by atoms with E-state index in [9.17, 15) is 0 Å². The third-order valence-corrected chi connectivity index (χ3v) is 4.29. The molecule has 0 amide bonds. The van der Waals surface area contributed by atoms with Crippen LogP contribution in [0.5, 0.6) is 0 Å². The summed E-state index contributed by atoms with van der Waals surface area (Å²) in [6.45, 7) is 16.9. The summed E-state index contributed by atoms with van der Waals surface area (Å²) < 4.78 is 0. The van der Waals surface area contributed by atoms with E-state index in [4.69, 9.17) is 0 Å². The number of guanidine groups is 1. The molecule has 1 heterocycles. The quantitative estimate of drug-likeness (QED) is 0.229. The molecule has 1 aliphatic heterocycles. The second-order valence-electron chi connectivity index (χ2n) is 7.46. The Morgan fingerprint density at radius 3 is 2.50 bits per heavy atom. The van der Waals surface area contributed by atoms with Crippen LogP contribution in [0.4, 0.5) is 0 Å². The Hall–Kier alpha value is -0.0800. The van der Waals surface area contributed by atoms with E-state index < -0.39 is 0 Å². The summed E-state index contributed by atoms with van der Waals surface area (Å²) >= 11 is 0. The second kappa shape index (κ2) is 13.2. The molecule has 5 nitrogen and oxygen atoms in total. The normalized spacial score (nSPS) is 19.7. The molecule has 1 atom stereocenters. The topological polar surface area (TPSA) is 51.7 Å². The van der Waals surface area contributed by atoms with Crippen molar-refractivity contribution < 1.29 is 0 Å². The average molecular weight is 453 g/mol. The van der Waals surface area contributed by atoms with Crippen molar-refractivity contribution in [1.29, 1.82) is 0 Å². The van der Waals surface area contributed by atoms with Crippen molar-refractivity contribution in [3.8, 4) is 0 Å². The van der Waals surface area contributed by atoms with Crippen molar-refractivity contribution in [1.82, 2.24) is 20.9 Å². The maximum absolute atomic E-state index is 4.65. The summed E-state index contributed by atoms with van der Waals surface area (Å²) in [7, 11) is 0. The van der Waals surface area contributed by atoms with Crippen molar-refractivity contribution in [2.24, 2.45) is 4.99 Å². The van der Waals surface area contributed by atoms with E-state index in [0.717, 1.165) is 44.7 Å². The molecule has 1 fully saturated rings. The lowest BCUT2D eigenvalue weighted by Crippen LogP contribution is -2.46. The highest BCUT2D eigenvalue weighted by atomic mass is 127. The Morgan fingerprint density at radius 2 is 1.88 bits per heavy atom. The summed E-state index contributed by atoms with van der Waals surface area (Å²) in [6, 6.07) is 0.779. The van der Waals surface area contributed by atoms with E-state index in [1.54, 1.807) is 0 Å². The fourth-order valence-electron chi connectivity index (χ4n) is 3.07. The second-order valence-corrected chi connectivity index (χ2v) is 7.46. The molecule has 1 rings (SSSR count). The Bertz CT molecular complexity index is 341. The molecule has 144 valence electrons. The molecule has 6 heteroatoms. The van der Waals surface area contributed by atoms with Crippen molar-refractivity contribution in [2.75, 3.05) is 39.3 Å². The summed E-state index contributed by atoms with van der Waals surface area (Å²) in [5, 5.41) is 10.3. The van der Waals surface area contributed by atoms with Crippen LogP contribution in [-0.4, -0.2) is 61.7 Å². The van der Waals surface area contributed by atoms with Gasteiger partial charge in [0.15, 0.2) is 5.96 Å². The van der Waals surface area contributed by atoms with E-state index in [1.165, 1.54) is 32.2 Å². The van der Waals surface area contributed by atoms with Gasteiger partial charge in [-0.25, -0.2) is 0 Å². The van der Waals surface area contributed by atoms with Crippen LogP contribution in [0.15, 0.2) is 4.99 Å². The zero-order valence-electron chi connectivity index (χ0n) is 16.5. The van der Waals surface area contributed by atoms with Crippen LogP contribution >= 0.6 is 24.0 Å². The van der Waals surface area contributed by atoms with Crippen molar-refractivity contribution in [3.05, 3.63) is 0 Å². The molecule has 1 aliphatic rings. The number of halogens is 1. The van der Waals surface area contributed by atoms with Crippen LogP contribution in [0.1, 0.15) is 60.3 Å². The SMILES string of the molecule is CCNC(=NCCNC(C)(C)C)NCCN1CCCCC1CC.I. The Balaban J connectivity index is 0.00000529. The van der Waals surface area contributed by atoms with Crippen molar-refractivity contribution in [2.45, 2.75) is 71.9 Å². The largest absolute Gasteiger partial charge is 0.357 e. The van der Waals surface area contributed by atoms with E-state index in [-0.39, 0.29) is 29.5 Å². The molecule has 0 saturated carbocycles. The maximum atomic E-state index is 4.65. The summed E-state index contributed by atoms with van der Waals surface area (Å²) in [5.74, 6) is 0.938.